The molecule has 25 heavy (non-hydrogen) atoms. The fourth-order valence-corrected chi connectivity index (χ4v) is 3.17. The van der Waals surface area contributed by atoms with E-state index >= 15 is 0 Å². The summed E-state index contributed by atoms with van der Waals surface area (Å²) in [5.74, 6) is -0.888. The molecule has 1 aliphatic rings. The minimum atomic E-state index is -0.556. The smallest absolute Gasteiger partial charge is 0.281 e. The van der Waals surface area contributed by atoms with E-state index in [0.29, 0.717) is 0 Å². The molecular formula is C18H17FN4O2. The Balaban J connectivity index is 2.16. The topological polar surface area (TPSA) is 90.7 Å². The number of benzene rings is 1. The van der Waals surface area contributed by atoms with E-state index in [9.17, 15) is 19.6 Å². The number of aromatic nitrogens is 1. The van der Waals surface area contributed by atoms with E-state index in [-0.39, 0.29) is 34.4 Å². The van der Waals surface area contributed by atoms with E-state index in [1.807, 2.05) is 6.07 Å². The molecular weight excluding hydrogens is 323 g/mol. The van der Waals surface area contributed by atoms with Gasteiger partial charge in [-0.3, -0.25) is 9.36 Å². The SMILES string of the molecule is Cc1c(C#N)c(O)n(C2CCCC2)c(=O)c1N=Nc1ccccc1F. The lowest BCUT2D eigenvalue weighted by Gasteiger charge is -2.18. The molecule has 7 heteroatoms. The number of hydrogen-bond acceptors (Lipinski definition) is 5. The molecule has 0 amide bonds. The molecule has 6 nitrogen and oxygen atoms in total. The summed E-state index contributed by atoms with van der Waals surface area (Å²) in [6.07, 6.45) is 3.42. The largest absolute Gasteiger partial charge is 0.493 e. The van der Waals surface area contributed by atoms with Crippen molar-refractivity contribution in [1.82, 2.24) is 4.57 Å². The standard InChI is InChI=1S/C18H17FN4O2/c1-11-13(10-20)17(24)23(12-6-2-3-7-12)18(25)16(11)22-21-15-9-5-4-8-14(15)19/h4-5,8-9,12,24H,2-3,6-7H2,1H3. The van der Waals surface area contributed by atoms with Crippen molar-refractivity contribution in [1.29, 1.82) is 5.26 Å². The molecule has 0 atom stereocenters. The van der Waals surface area contributed by atoms with Crippen LogP contribution < -0.4 is 5.56 Å². The Bertz CT molecular complexity index is 937. The lowest BCUT2D eigenvalue weighted by molar-refractivity contribution is 0.368. The molecule has 1 saturated carbocycles. The van der Waals surface area contributed by atoms with Gasteiger partial charge in [0, 0.05) is 11.6 Å². The van der Waals surface area contributed by atoms with Gasteiger partial charge in [-0.15, -0.1) is 10.2 Å². The van der Waals surface area contributed by atoms with Crippen LogP contribution in [0.1, 0.15) is 42.9 Å². The van der Waals surface area contributed by atoms with Gasteiger partial charge in [0.15, 0.2) is 11.5 Å². The van der Waals surface area contributed by atoms with Crippen molar-refractivity contribution in [2.75, 3.05) is 0 Å². The van der Waals surface area contributed by atoms with Gasteiger partial charge in [0.1, 0.15) is 17.3 Å². The lowest BCUT2D eigenvalue weighted by atomic mass is 10.1. The first-order valence-electron chi connectivity index (χ1n) is 8.09. The number of azo groups is 1. The zero-order valence-corrected chi connectivity index (χ0v) is 13.7. The molecule has 128 valence electrons. The highest BCUT2D eigenvalue weighted by atomic mass is 19.1. The summed E-state index contributed by atoms with van der Waals surface area (Å²) in [6.45, 7) is 1.52. The third-order valence-electron chi connectivity index (χ3n) is 4.52. The molecule has 0 bridgehead atoms. The Kier molecular flexibility index (Phi) is 4.61. The average Bonchev–Trinajstić information content (AvgIpc) is 3.11. The second-order valence-corrected chi connectivity index (χ2v) is 6.05. The van der Waals surface area contributed by atoms with Crippen LogP contribution in [0.4, 0.5) is 15.8 Å². The molecule has 0 spiro atoms. The summed E-state index contributed by atoms with van der Waals surface area (Å²) in [5.41, 5.74) is -0.334. The lowest BCUT2D eigenvalue weighted by Crippen LogP contribution is -2.24. The molecule has 0 saturated heterocycles. The zero-order valence-electron chi connectivity index (χ0n) is 13.7. The Morgan fingerprint density at radius 1 is 1.28 bits per heavy atom. The van der Waals surface area contributed by atoms with Crippen LogP contribution in [-0.2, 0) is 0 Å². The van der Waals surface area contributed by atoms with Crippen LogP contribution in [0.15, 0.2) is 39.3 Å². The maximum absolute atomic E-state index is 13.7. The molecule has 1 heterocycles. The van der Waals surface area contributed by atoms with Gasteiger partial charge in [0.2, 0.25) is 5.88 Å². The van der Waals surface area contributed by atoms with Crippen molar-refractivity contribution >= 4 is 11.4 Å². The van der Waals surface area contributed by atoms with E-state index in [1.54, 1.807) is 6.07 Å². The first kappa shape index (κ1) is 16.8. The highest BCUT2D eigenvalue weighted by Crippen LogP contribution is 2.35. The predicted octanol–water partition coefficient (Wildman–Crippen LogP) is 4.40. The van der Waals surface area contributed by atoms with Crippen LogP contribution in [-0.4, -0.2) is 9.67 Å². The highest BCUT2D eigenvalue weighted by molar-refractivity contribution is 5.57. The quantitative estimate of drug-likeness (QED) is 0.839. The second kappa shape index (κ2) is 6.85. The minimum absolute atomic E-state index is 0.000277. The number of nitrogens with zero attached hydrogens (tertiary/aromatic N) is 4. The number of aromatic hydroxyl groups is 1. The van der Waals surface area contributed by atoms with Crippen LogP contribution in [0.5, 0.6) is 5.88 Å². The van der Waals surface area contributed by atoms with Crippen LogP contribution in [0.25, 0.3) is 0 Å². The van der Waals surface area contributed by atoms with Crippen molar-refractivity contribution in [2.24, 2.45) is 10.2 Å². The van der Waals surface area contributed by atoms with Gasteiger partial charge < -0.3 is 5.11 Å². The molecule has 1 fully saturated rings. The summed E-state index contributed by atoms with van der Waals surface area (Å²) < 4.78 is 14.9. The van der Waals surface area contributed by atoms with E-state index in [0.717, 1.165) is 25.7 Å². The van der Waals surface area contributed by atoms with Crippen molar-refractivity contribution < 1.29 is 9.50 Å². The van der Waals surface area contributed by atoms with Gasteiger partial charge in [-0.25, -0.2) is 4.39 Å². The Morgan fingerprint density at radius 3 is 2.60 bits per heavy atom. The zero-order chi connectivity index (χ0) is 18.0. The Labute approximate surface area is 143 Å². The van der Waals surface area contributed by atoms with Gasteiger partial charge in [0.05, 0.1) is 0 Å². The van der Waals surface area contributed by atoms with Crippen LogP contribution in [0, 0.1) is 24.1 Å². The number of hydrogen-bond donors (Lipinski definition) is 1. The monoisotopic (exact) mass is 340 g/mol. The molecule has 0 radical (unpaired) electrons. The molecule has 0 unspecified atom stereocenters. The number of pyridine rings is 1. The van der Waals surface area contributed by atoms with Gasteiger partial charge in [-0.2, -0.15) is 5.26 Å². The number of halogens is 1. The summed E-state index contributed by atoms with van der Waals surface area (Å²) in [5, 5.41) is 27.5. The van der Waals surface area contributed by atoms with Gasteiger partial charge in [-0.1, -0.05) is 25.0 Å². The average molecular weight is 340 g/mol. The molecule has 2 aromatic rings. The molecule has 1 aliphatic carbocycles. The van der Waals surface area contributed by atoms with Crippen molar-refractivity contribution in [3.05, 3.63) is 51.6 Å². The van der Waals surface area contributed by atoms with E-state index in [2.05, 4.69) is 10.2 Å². The number of nitriles is 1. The predicted molar refractivity (Wildman–Crippen MR) is 89.9 cm³/mol. The van der Waals surface area contributed by atoms with Crippen molar-refractivity contribution in [3.63, 3.8) is 0 Å². The van der Waals surface area contributed by atoms with Gasteiger partial charge >= 0.3 is 0 Å². The van der Waals surface area contributed by atoms with Crippen molar-refractivity contribution in [3.8, 4) is 11.9 Å². The first-order valence-corrected chi connectivity index (χ1v) is 8.09. The third kappa shape index (κ3) is 3.03. The molecule has 1 aromatic heterocycles. The third-order valence-corrected chi connectivity index (χ3v) is 4.52. The van der Waals surface area contributed by atoms with Crippen LogP contribution in [0.2, 0.25) is 0 Å². The Morgan fingerprint density at radius 2 is 1.96 bits per heavy atom. The van der Waals surface area contributed by atoms with Gasteiger partial charge in [0.25, 0.3) is 5.56 Å². The van der Waals surface area contributed by atoms with E-state index < -0.39 is 11.4 Å². The summed E-state index contributed by atoms with van der Waals surface area (Å²) in [6, 6.07) is 7.58. The maximum Gasteiger partial charge on any atom is 0.281 e. The molecule has 1 N–H and O–H groups in total. The van der Waals surface area contributed by atoms with Gasteiger partial charge in [-0.05, 0) is 31.9 Å². The molecule has 1 aromatic carbocycles. The maximum atomic E-state index is 13.7. The summed E-state index contributed by atoms with van der Waals surface area (Å²) in [4.78, 5) is 12.8. The fourth-order valence-electron chi connectivity index (χ4n) is 3.17. The Hall–Kier alpha value is -3.01. The fraction of sp³-hybridized carbons (Fsp3) is 0.333. The first-order chi connectivity index (χ1) is 12.0. The second-order valence-electron chi connectivity index (χ2n) is 6.05. The molecule has 0 aliphatic heterocycles. The normalized spacial score (nSPS) is 14.9. The van der Waals surface area contributed by atoms with Crippen LogP contribution in [0.3, 0.4) is 0 Å². The minimum Gasteiger partial charge on any atom is -0.493 e. The molecule has 3 rings (SSSR count). The van der Waals surface area contributed by atoms with E-state index in [1.165, 1.54) is 29.7 Å². The van der Waals surface area contributed by atoms with E-state index in [4.69, 9.17) is 0 Å². The number of rotatable bonds is 3. The summed E-state index contributed by atoms with van der Waals surface area (Å²) >= 11 is 0. The van der Waals surface area contributed by atoms with Crippen molar-refractivity contribution in [2.45, 2.75) is 38.6 Å². The highest BCUT2D eigenvalue weighted by Gasteiger charge is 2.26. The summed E-state index contributed by atoms with van der Waals surface area (Å²) in [7, 11) is 0. The van der Waals surface area contributed by atoms with Crippen LogP contribution >= 0.6 is 0 Å².